The third-order valence-electron chi connectivity index (χ3n) is 1.91. The number of hydrogen-bond acceptors (Lipinski definition) is 2. The van der Waals surface area contributed by atoms with E-state index in [2.05, 4.69) is 15.9 Å². The fourth-order valence-corrected chi connectivity index (χ4v) is 1.89. The van der Waals surface area contributed by atoms with Crippen LogP contribution in [0.1, 0.15) is 22.8 Å². The molecule has 0 atom stereocenters. The van der Waals surface area contributed by atoms with Crippen LogP contribution >= 0.6 is 15.9 Å². The molecule has 0 radical (unpaired) electrons. The van der Waals surface area contributed by atoms with E-state index < -0.39 is 11.8 Å². The van der Waals surface area contributed by atoms with Crippen molar-refractivity contribution in [1.29, 1.82) is 0 Å². The Morgan fingerprint density at radius 3 is 2.57 bits per heavy atom. The van der Waals surface area contributed by atoms with Crippen LogP contribution in [0.4, 0.5) is 0 Å². The fraction of sp³-hybridized carbons (Fsp3) is 0.200. The summed E-state index contributed by atoms with van der Waals surface area (Å²) in [6, 6.07) is 4.97. The molecule has 0 aliphatic heterocycles. The molecule has 0 aliphatic rings. The number of hydrogen-bond donors (Lipinski definition) is 1. The molecule has 1 aromatic carbocycles. The maximum absolute atomic E-state index is 11.3. The van der Waals surface area contributed by atoms with E-state index >= 15 is 0 Å². The summed E-state index contributed by atoms with van der Waals surface area (Å²) < 4.78 is 0.770. The normalized spacial score (nSPS) is 9.86. The van der Waals surface area contributed by atoms with Gasteiger partial charge in [-0.3, -0.25) is 4.79 Å². The van der Waals surface area contributed by atoms with Gasteiger partial charge in [-0.15, -0.1) is 0 Å². The molecule has 0 fully saturated rings. The van der Waals surface area contributed by atoms with Crippen LogP contribution < -0.4 is 0 Å². The predicted molar refractivity (Wildman–Crippen MR) is 55.5 cm³/mol. The average Bonchev–Trinajstić information content (AvgIpc) is 2.16. The van der Waals surface area contributed by atoms with Gasteiger partial charge in [0.05, 0.1) is 0 Å². The molecule has 0 spiro atoms. The SMILES string of the molecule is CCc1c(Br)cccc1C(=O)C(=O)O. The van der Waals surface area contributed by atoms with Crippen molar-refractivity contribution >= 4 is 27.7 Å². The van der Waals surface area contributed by atoms with Gasteiger partial charge in [0.15, 0.2) is 0 Å². The van der Waals surface area contributed by atoms with Crippen molar-refractivity contribution in [3.05, 3.63) is 33.8 Å². The number of Topliss-reactive ketones (excluding diaryl/α,β-unsaturated/α-hetero) is 1. The number of halogens is 1. The van der Waals surface area contributed by atoms with Crippen LogP contribution in [0.15, 0.2) is 22.7 Å². The molecule has 14 heavy (non-hydrogen) atoms. The number of benzene rings is 1. The van der Waals surface area contributed by atoms with E-state index in [9.17, 15) is 9.59 Å². The van der Waals surface area contributed by atoms with Gasteiger partial charge in [-0.25, -0.2) is 4.79 Å². The first kappa shape index (κ1) is 10.9. The van der Waals surface area contributed by atoms with Crippen LogP contribution in [0.25, 0.3) is 0 Å². The topological polar surface area (TPSA) is 54.4 Å². The van der Waals surface area contributed by atoms with Crippen molar-refractivity contribution in [3.8, 4) is 0 Å². The van der Waals surface area contributed by atoms with Gasteiger partial charge in [0, 0.05) is 10.0 Å². The van der Waals surface area contributed by atoms with Crippen molar-refractivity contribution in [2.24, 2.45) is 0 Å². The Morgan fingerprint density at radius 1 is 1.43 bits per heavy atom. The van der Waals surface area contributed by atoms with E-state index in [4.69, 9.17) is 5.11 Å². The lowest BCUT2D eigenvalue weighted by molar-refractivity contribution is -0.131. The number of carboxylic acids is 1. The van der Waals surface area contributed by atoms with Crippen molar-refractivity contribution in [1.82, 2.24) is 0 Å². The average molecular weight is 257 g/mol. The highest BCUT2D eigenvalue weighted by Crippen LogP contribution is 2.21. The monoisotopic (exact) mass is 256 g/mol. The Labute approximate surface area is 89.9 Å². The molecular formula is C10H9BrO3. The zero-order valence-corrected chi connectivity index (χ0v) is 9.17. The van der Waals surface area contributed by atoms with Gasteiger partial charge in [-0.05, 0) is 18.1 Å². The zero-order chi connectivity index (χ0) is 10.7. The minimum atomic E-state index is -1.42. The molecule has 0 saturated heterocycles. The number of ketones is 1. The second kappa shape index (κ2) is 4.37. The lowest BCUT2D eigenvalue weighted by Crippen LogP contribution is -2.14. The fourth-order valence-electron chi connectivity index (χ4n) is 1.25. The van der Waals surface area contributed by atoms with Gasteiger partial charge in [0.2, 0.25) is 0 Å². The molecule has 0 unspecified atom stereocenters. The van der Waals surface area contributed by atoms with Gasteiger partial charge >= 0.3 is 5.97 Å². The number of carboxylic acid groups (broad SMARTS) is 1. The molecule has 1 rings (SSSR count). The first-order chi connectivity index (χ1) is 6.57. The molecule has 0 heterocycles. The molecule has 0 amide bonds. The molecule has 0 bridgehead atoms. The summed E-state index contributed by atoms with van der Waals surface area (Å²) >= 11 is 3.28. The molecular weight excluding hydrogens is 248 g/mol. The van der Waals surface area contributed by atoms with Crippen molar-refractivity contribution in [3.63, 3.8) is 0 Å². The first-order valence-corrected chi connectivity index (χ1v) is 4.92. The van der Waals surface area contributed by atoms with Crippen molar-refractivity contribution < 1.29 is 14.7 Å². The van der Waals surface area contributed by atoms with E-state index in [1.54, 1.807) is 12.1 Å². The molecule has 1 N–H and O–H groups in total. The number of aliphatic carboxylic acids is 1. The zero-order valence-electron chi connectivity index (χ0n) is 7.58. The van der Waals surface area contributed by atoms with Crippen LogP contribution in [-0.2, 0) is 11.2 Å². The second-order valence-electron chi connectivity index (χ2n) is 2.75. The van der Waals surface area contributed by atoms with Crippen LogP contribution in [-0.4, -0.2) is 16.9 Å². The third-order valence-corrected chi connectivity index (χ3v) is 2.65. The molecule has 0 aliphatic carbocycles. The van der Waals surface area contributed by atoms with Crippen LogP contribution in [0, 0.1) is 0 Å². The molecule has 1 aromatic rings. The quantitative estimate of drug-likeness (QED) is 0.667. The maximum Gasteiger partial charge on any atom is 0.377 e. The Kier molecular flexibility index (Phi) is 3.41. The summed E-state index contributed by atoms with van der Waals surface area (Å²) in [6.07, 6.45) is 0.621. The Hall–Kier alpha value is -1.16. The number of rotatable bonds is 3. The maximum atomic E-state index is 11.3. The summed E-state index contributed by atoms with van der Waals surface area (Å²) in [6.45, 7) is 1.87. The van der Waals surface area contributed by atoms with Crippen LogP contribution in [0.5, 0.6) is 0 Å². The van der Waals surface area contributed by atoms with E-state index in [0.29, 0.717) is 6.42 Å². The summed E-state index contributed by atoms with van der Waals surface area (Å²) in [4.78, 5) is 21.8. The van der Waals surface area contributed by atoms with E-state index in [1.807, 2.05) is 6.92 Å². The minimum absolute atomic E-state index is 0.259. The van der Waals surface area contributed by atoms with Gasteiger partial charge in [0.25, 0.3) is 5.78 Å². The molecule has 3 nitrogen and oxygen atoms in total. The second-order valence-corrected chi connectivity index (χ2v) is 3.61. The van der Waals surface area contributed by atoms with E-state index in [1.165, 1.54) is 6.07 Å². The standard InChI is InChI=1S/C10H9BrO3/c1-2-6-7(9(12)10(13)14)4-3-5-8(6)11/h3-5H,2H2,1H3,(H,13,14). The Balaban J connectivity index is 3.27. The Bertz CT molecular complexity index is 385. The molecule has 4 heteroatoms. The highest BCUT2D eigenvalue weighted by Gasteiger charge is 2.18. The first-order valence-electron chi connectivity index (χ1n) is 4.13. The van der Waals surface area contributed by atoms with Gasteiger partial charge in [0.1, 0.15) is 0 Å². The summed E-state index contributed by atoms with van der Waals surface area (Å²) in [5.74, 6) is -2.28. The van der Waals surface area contributed by atoms with Gasteiger partial charge in [-0.1, -0.05) is 35.0 Å². The number of carbonyl (C=O) groups is 2. The van der Waals surface area contributed by atoms with Crippen LogP contribution in [0.2, 0.25) is 0 Å². The van der Waals surface area contributed by atoms with Gasteiger partial charge in [-0.2, -0.15) is 0 Å². The van der Waals surface area contributed by atoms with E-state index in [0.717, 1.165) is 10.0 Å². The molecule has 0 aromatic heterocycles. The van der Waals surface area contributed by atoms with Crippen molar-refractivity contribution in [2.45, 2.75) is 13.3 Å². The predicted octanol–water partition coefficient (Wildman–Crippen LogP) is 2.28. The van der Waals surface area contributed by atoms with Crippen LogP contribution in [0.3, 0.4) is 0 Å². The lowest BCUT2D eigenvalue weighted by Gasteiger charge is -2.05. The third kappa shape index (κ3) is 2.01. The highest BCUT2D eigenvalue weighted by molar-refractivity contribution is 9.10. The molecule has 0 saturated carbocycles. The summed E-state index contributed by atoms with van der Waals surface area (Å²) in [5, 5.41) is 8.58. The van der Waals surface area contributed by atoms with Gasteiger partial charge < -0.3 is 5.11 Å². The minimum Gasteiger partial charge on any atom is -0.475 e. The summed E-state index contributed by atoms with van der Waals surface area (Å²) in [5.41, 5.74) is 0.995. The largest absolute Gasteiger partial charge is 0.475 e. The Morgan fingerprint density at radius 2 is 2.07 bits per heavy atom. The number of carbonyl (C=O) groups excluding carboxylic acids is 1. The lowest BCUT2D eigenvalue weighted by atomic mass is 10.0. The highest BCUT2D eigenvalue weighted by atomic mass is 79.9. The summed E-state index contributed by atoms with van der Waals surface area (Å²) in [7, 11) is 0. The van der Waals surface area contributed by atoms with E-state index in [-0.39, 0.29) is 5.56 Å². The molecule has 74 valence electrons. The van der Waals surface area contributed by atoms with Crippen molar-refractivity contribution in [2.75, 3.05) is 0 Å². The smallest absolute Gasteiger partial charge is 0.377 e.